The fraction of sp³-hybridized carbons (Fsp3) is 1.00. The van der Waals surface area contributed by atoms with Gasteiger partial charge in [0.1, 0.15) is 61.0 Å². The molecule has 8 N–H and O–H groups in total. The van der Waals surface area contributed by atoms with Gasteiger partial charge in [0, 0.05) is 6.61 Å². The molecule has 0 aromatic heterocycles. The number of ether oxygens (including phenoxy) is 6. The molecule has 0 aliphatic carbocycles. The Kier molecular flexibility index (Phi) is 10.2. The molecule has 206 valence electrons. The van der Waals surface area contributed by atoms with Gasteiger partial charge < -0.3 is 69.3 Å². The van der Waals surface area contributed by atoms with Crippen molar-refractivity contribution in [2.45, 2.75) is 119 Å². The molecule has 14 nitrogen and oxygen atoms in total. The van der Waals surface area contributed by atoms with Gasteiger partial charge in [-0.15, -0.1) is 0 Å². The number of aliphatic hydroxyl groups excluding tert-OH is 8. The Balaban J connectivity index is 1.75. The highest BCUT2D eigenvalue weighted by Crippen LogP contribution is 2.32. The molecule has 14 heteroatoms. The zero-order chi connectivity index (χ0) is 26.0. The SMILES string of the molecule is CCCO[C@@H]1O[C@@H](C)[C@H](O)[C@@H](O)[C@H]1O[C@@H]1O[C@@H](C)[C@H](O)[C@@H](O[C@@H]2O[C@H](CO)[C@@H](O)[C@H](O)[C@H]2O)[C@H]1O. The highest BCUT2D eigenvalue weighted by atomic mass is 16.8. The molecule has 0 amide bonds. The lowest BCUT2D eigenvalue weighted by molar-refractivity contribution is -0.381. The quantitative estimate of drug-likeness (QED) is 0.155. The molecule has 0 unspecified atom stereocenters. The van der Waals surface area contributed by atoms with E-state index >= 15 is 0 Å². The van der Waals surface area contributed by atoms with Crippen molar-refractivity contribution >= 4 is 0 Å². The van der Waals surface area contributed by atoms with Crippen molar-refractivity contribution in [3.05, 3.63) is 0 Å². The van der Waals surface area contributed by atoms with E-state index in [1.807, 2.05) is 6.92 Å². The van der Waals surface area contributed by atoms with Crippen LogP contribution in [0.1, 0.15) is 27.2 Å². The Hall–Kier alpha value is -0.560. The molecule has 3 aliphatic rings. The van der Waals surface area contributed by atoms with Crippen molar-refractivity contribution in [3.63, 3.8) is 0 Å². The van der Waals surface area contributed by atoms with Gasteiger partial charge >= 0.3 is 0 Å². The molecule has 3 rings (SSSR count). The van der Waals surface area contributed by atoms with Gasteiger partial charge in [0.15, 0.2) is 18.9 Å². The van der Waals surface area contributed by atoms with Gasteiger partial charge in [-0.25, -0.2) is 0 Å². The van der Waals surface area contributed by atoms with Crippen LogP contribution in [0, 0.1) is 0 Å². The lowest BCUT2D eigenvalue weighted by atomic mass is 9.96. The van der Waals surface area contributed by atoms with Gasteiger partial charge in [-0.2, -0.15) is 0 Å². The fourth-order valence-electron chi connectivity index (χ4n) is 4.27. The first-order chi connectivity index (χ1) is 16.5. The Morgan fingerprint density at radius 3 is 1.80 bits per heavy atom. The summed E-state index contributed by atoms with van der Waals surface area (Å²) in [7, 11) is 0. The number of hydrogen-bond donors (Lipinski definition) is 8. The average molecular weight is 515 g/mol. The van der Waals surface area contributed by atoms with Crippen LogP contribution in [0.25, 0.3) is 0 Å². The normalized spacial score (nSPS) is 51.3. The molecule has 35 heavy (non-hydrogen) atoms. The van der Waals surface area contributed by atoms with Crippen molar-refractivity contribution in [1.29, 1.82) is 0 Å². The zero-order valence-corrected chi connectivity index (χ0v) is 19.8. The second-order valence-corrected chi connectivity index (χ2v) is 9.15. The summed E-state index contributed by atoms with van der Waals surface area (Å²) in [5.41, 5.74) is 0. The first-order valence-electron chi connectivity index (χ1n) is 11.8. The van der Waals surface area contributed by atoms with E-state index in [-0.39, 0.29) is 6.61 Å². The highest BCUT2D eigenvalue weighted by Gasteiger charge is 2.52. The van der Waals surface area contributed by atoms with Crippen LogP contribution in [0.4, 0.5) is 0 Å². The Bertz CT molecular complexity index is 654. The van der Waals surface area contributed by atoms with E-state index < -0.39 is 98.7 Å². The molecule has 0 bridgehead atoms. The van der Waals surface area contributed by atoms with E-state index in [9.17, 15) is 40.9 Å². The summed E-state index contributed by atoms with van der Waals surface area (Å²) in [6, 6.07) is 0. The summed E-state index contributed by atoms with van der Waals surface area (Å²) in [6.45, 7) is 4.47. The van der Waals surface area contributed by atoms with E-state index in [0.717, 1.165) is 0 Å². The van der Waals surface area contributed by atoms with Gasteiger partial charge in [-0.3, -0.25) is 0 Å². The molecule has 0 radical (unpaired) electrons. The molecule has 3 heterocycles. The first kappa shape index (κ1) is 29.0. The van der Waals surface area contributed by atoms with Crippen molar-refractivity contribution in [3.8, 4) is 0 Å². The summed E-state index contributed by atoms with van der Waals surface area (Å²) in [5, 5.41) is 81.9. The lowest BCUT2D eigenvalue weighted by Gasteiger charge is -2.47. The molecular formula is C21H38O14. The molecule has 0 saturated carbocycles. The molecule has 0 spiro atoms. The van der Waals surface area contributed by atoms with Gasteiger partial charge in [-0.05, 0) is 20.3 Å². The van der Waals surface area contributed by atoms with E-state index in [4.69, 9.17) is 28.4 Å². The number of hydrogen-bond acceptors (Lipinski definition) is 14. The summed E-state index contributed by atoms with van der Waals surface area (Å²) in [4.78, 5) is 0. The van der Waals surface area contributed by atoms with Crippen LogP contribution < -0.4 is 0 Å². The van der Waals surface area contributed by atoms with Crippen LogP contribution in [0.5, 0.6) is 0 Å². The molecule has 0 aromatic carbocycles. The fourth-order valence-corrected chi connectivity index (χ4v) is 4.27. The third-order valence-corrected chi connectivity index (χ3v) is 6.48. The van der Waals surface area contributed by atoms with Crippen LogP contribution >= 0.6 is 0 Å². The van der Waals surface area contributed by atoms with Gasteiger partial charge in [0.25, 0.3) is 0 Å². The molecule has 15 atom stereocenters. The average Bonchev–Trinajstić information content (AvgIpc) is 2.83. The smallest absolute Gasteiger partial charge is 0.187 e. The Morgan fingerprint density at radius 2 is 1.17 bits per heavy atom. The van der Waals surface area contributed by atoms with Crippen molar-refractivity contribution in [2.75, 3.05) is 13.2 Å². The highest BCUT2D eigenvalue weighted by molar-refractivity contribution is 4.95. The monoisotopic (exact) mass is 514 g/mol. The minimum Gasteiger partial charge on any atom is -0.394 e. The Morgan fingerprint density at radius 1 is 0.600 bits per heavy atom. The van der Waals surface area contributed by atoms with Gasteiger partial charge in [0.05, 0.1) is 18.8 Å². The van der Waals surface area contributed by atoms with Crippen molar-refractivity contribution < 1.29 is 69.3 Å². The van der Waals surface area contributed by atoms with Crippen molar-refractivity contribution in [1.82, 2.24) is 0 Å². The predicted octanol–water partition coefficient (Wildman–Crippen LogP) is -4.08. The third-order valence-electron chi connectivity index (χ3n) is 6.48. The molecule has 0 aromatic rings. The lowest BCUT2D eigenvalue weighted by Crippen LogP contribution is -2.65. The standard InChI is InChI=1S/C21H38O14/c1-4-5-30-21-18(14(27)10(23)7(2)32-21)35-20-16(29)17(11(24)8(3)31-20)34-19-15(28)13(26)12(25)9(6-22)33-19/h7-29H,4-6H2,1-3H3/t7-,8-,9+,10-,11-,12+,13-,14+,15+,16+,17+,18+,19-,20-,21+/m0/s1. The van der Waals surface area contributed by atoms with Gasteiger partial charge in [0.2, 0.25) is 0 Å². The van der Waals surface area contributed by atoms with Crippen LogP contribution in [0.2, 0.25) is 0 Å². The second kappa shape index (κ2) is 12.3. The predicted molar refractivity (Wildman–Crippen MR) is 112 cm³/mol. The molecule has 3 saturated heterocycles. The molecule has 3 aliphatic heterocycles. The third kappa shape index (κ3) is 6.13. The van der Waals surface area contributed by atoms with Crippen LogP contribution in [-0.2, 0) is 28.4 Å². The first-order valence-corrected chi connectivity index (χ1v) is 11.8. The minimum atomic E-state index is -1.76. The van der Waals surface area contributed by atoms with E-state index in [0.29, 0.717) is 6.42 Å². The topological polar surface area (TPSA) is 217 Å². The second-order valence-electron chi connectivity index (χ2n) is 9.15. The van der Waals surface area contributed by atoms with Gasteiger partial charge in [-0.1, -0.05) is 6.92 Å². The number of rotatable bonds is 8. The maximum Gasteiger partial charge on any atom is 0.187 e. The van der Waals surface area contributed by atoms with E-state index in [1.165, 1.54) is 6.92 Å². The zero-order valence-electron chi connectivity index (χ0n) is 19.8. The largest absolute Gasteiger partial charge is 0.394 e. The summed E-state index contributed by atoms with van der Waals surface area (Å²) in [5.74, 6) is 0. The minimum absolute atomic E-state index is 0.270. The number of aliphatic hydroxyl groups is 8. The maximum absolute atomic E-state index is 10.9. The van der Waals surface area contributed by atoms with E-state index in [1.54, 1.807) is 6.92 Å². The van der Waals surface area contributed by atoms with Crippen molar-refractivity contribution in [2.24, 2.45) is 0 Å². The molecular weight excluding hydrogens is 476 g/mol. The maximum atomic E-state index is 10.9. The summed E-state index contributed by atoms with van der Waals surface area (Å²) < 4.78 is 33.4. The summed E-state index contributed by atoms with van der Waals surface area (Å²) in [6.07, 6.45) is -20.3. The van der Waals surface area contributed by atoms with E-state index in [2.05, 4.69) is 0 Å². The van der Waals surface area contributed by atoms with Crippen LogP contribution in [-0.4, -0.2) is 146 Å². The summed E-state index contributed by atoms with van der Waals surface area (Å²) >= 11 is 0. The molecule has 3 fully saturated rings. The van der Waals surface area contributed by atoms with Crippen LogP contribution in [0.15, 0.2) is 0 Å². The van der Waals surface area contributed by atoms with Crippen LogP contribution in [0.3, 0.4) is 0 Å². The Labute approximate surface area is 202 Å².